The third kappa shape index (κ3) is 6.43. The van der Waals surface area contributed by atoms with Crippen LogP contribution in [0.5, 0.6) is 0 Å². The molecule has 1 aromatic heterocycles. The number of hydrogen-bond acceptors (Lipinski definition) is 4. The number of aliphatic imine (C=N–C) groups is 1. The summed E-state index contributed by atoms with van der Waals surface area (Å²) >= 11 is 0. The van der Waals surface area contributed by atoms with Gasteiger partial charge in [0.15, 0.2) is 17.6 Å². The lowest BCUT2D eigenvalue weighted by molar-refractivity contribution is -0.119. The zero-order valence-corrected chi connectivity index (χ0v) is 17.3. The maximum atomic E-state index is 14.0. The van der Waals surface area contributed by atoms with Crippen molar-refractivity contribution < 1.29 is 9.18 Å². The number of benzene rings is 1. The molecule has 1 aliphatic heterocycles. The maximum absolute atomic E-state index is 14.0. The van der Waals surface area contributed by atoms with Gasteiger partial charge in [-0.05, 0) is 37.5 Å². The number of nitrogens with zero attached hydrogens (tertiary/aromatic N) is 3. The second-order valence-corrected chi connectivity index (χ2v) is 7.17. The minimum Gasteiger partial charge on any atom is -0.357 e. The zero-order valence-electron chi connectivity index (χ0n) is 17.3. The number of rotatable bonds is 8. The van der Waals surface area contributed by atoms with Gasteiger partial charge >= 0.3 is 0 Å². The van der Waals surface area contributed by atoms with Crippen molar-refractivity contribution in [3.05, 3.63) is 60.0 Å². The van der Waals surface area contributed by atoms with Gasteiger partial charge in [0.2, 0.25) is 5.91 Å². The monoisotopic (exact) mass is 412 g/mol. The molecule has 1 saturated heterocycles. The number of halogens is 1. The van der Waals surface area contributed by atoms with E-state index >= 15 is 0 Å². The van der Waals surface area contributed by atoms with Crippen LogP contribution in [0.4, 0.5) is 10.2 Å². The van der Waals surface area contributed by atoms with E-state index in [-0.39, 0.29) is 24.3 Å². The van der Waals surface area contributed by atoms with Crippen molar-refractivity contribution in [2.45, 2.75) is 25.8 Å². The molecule has 3 rings (SSSR count). The summed E-state index contributed by atoms with van der Waals surface area (Å²) in [6.45, 7) is 4.63. The second-order valence-electron chi connectivity index (χ2n) is 7.17. The lowest BCUT2D eigenvalue weighted by Crippen LogP contribution is -2.45. The van der Waals surface area contributed by atoms with Crippen molar-refractivity contribution in [1.29, 1.82) is 0 Å². The fourth-order valence-corrected chi connectivity index (χ4v) is 3.39. The van der Waals surface area contributed by atoms with Crippen LogP contribution < -0.4 is 20.9 Å². The van der Waals surface area contributed by atoms with Gasteiger partial charge in [-0.1, -0.05) is 30.3 Å². The second kappa shape index (κ2) is 11.1. The van der Waals surface area contributed by atoms with E-state index in [1.54, 1.807) is 12.3 Å². The van der Waals surface area contributed by atoms with Crippen LogP contribution in [0.15, 0.2) is 53.7 Å². The SMILES string of the molecule is CCNC(=NCC(=O)NCCc1ccccc1)NC1CCN(c2ncccc2F)C1. The van der Waals surface area contributed by atoms with Gasteiger partial charge in [-0.3, -0.25) is 4.79 Å². The topological polar surface area (TPSA) is 81.6 Å². The molecular formula is C22H29FN6O. The van der Waals surface area contributed by atoms with E-state index in [1.807, 2.05) is 42.2 Å². The third-order valence-electron chi connectivity index (χ3n) is 4.87. The van der Waals surface area contributed by atoms with Crippen molar-refractivity contribution in [3.8, 4) is 0 Å². The maximum Gasteiger partial charge on any atom is 0.241 e. The minimum atomic E-state index is -0.314. The molecule has 2 aromatic rings. The van der Waals surface area contributed by atoms with Crippen LogP contribution in [0.2, 0.25) is 0 Å². The molecule has 1 aromatic carbocycles. The molecule has 2 heterocycles. The van der Waals surface area contributed by atoms with E-state index in [4.69, 9.17) is 0 Å². The summed E-state index contributed by atoms with van der Waals surface area (Å²) in [6.07, 6.45) is 3.22. The highest BCUT2D eigenvalue weighted by Crippen LogP contribution is 2.20. The average molecular weight is 413 g/mol. The summed E-state index contributed by atoms with van der Waals surface area (Å²) in [6, 6.07) is 13.1. The molecule has 1 unspecified atom stereocenters. The number of carbonyl (C=O) groups excluding carboxylic acids is 1. The summed E-state index contributed by atoms with van der Waals surface area (Å²) in [7, 11) is 0. The number of aromatic nitrogens is 1. The van der Waals surface area contributed by atoms with Gasteiger partial charge in [-0.2, -0.15) is 0 Å². The van der Waals surface area contributed by atoms with Gasteiger partial charge < -0.3 is 20.9 Å². The van der Waals surface area contributed by atoms with Crippen molar-refractivity contribution in [2.24, 2.45) is 4.99 Å². The highest BCUT2D eigenvalue weighted by atomic mass is 19.1. The number of nitrogens with one attached hydrogen (secondary N) is 3. The Labute approximate surface area is 176 Å². The summed E-state index contributed by atoms with van der Waals surface area (Å²) in [5.74, 6) is 0.531. The standard InChI is InChI=1S/C22H29FN6O/c1-2-24-22(27-15-20(30)25-13-10-17-7-4-3-5-8-17)28-18-11-14-29(16-18)21-19(23)9-6-12-26-21/h3-9,12,18H,2,10-11,13-16H2,1H3,(H,25,30)(H2,24,27,28). The van der Waals surface area contributed by atoms with Crippen LogP contribution in [0.3, 0.4) is 0 Å². The predicted octanol–water partition coefficient (Wildman–Crippen LogP) is 1.71. The number of pyridine rings is 1. The number of hydrogen-bond donors (Lipinski definition) is 3. The van der Waals surface area contributed by atoms with Gasteiger partial charge in [0.1, 0.15) is 6.54 Å². The molecule has 0 bridgehead atoms. The third-order valence-corrected chi connectivity index (χ3v) is 4.87. The molecule has 1 aliphatic rings. The first kappa shape index (κ1) is 21.5. The molecule has 160 valence electrons. The van der Waals surface area contributed by atoms with E-state index in [2.05, 4.69) is 25.9 Å². The molecule has 1 amide bonds. The van der Waals surface area contributed by atoms with E-state index in [1.165, 1.54) is 11.6 Å². The summed E-state index contributed by atoms with van der Waals surface area (Å²) in [5.41, 5.74) is 1.19. The van der Waals surface area contributed by atoms with E-state index in [0.717, 1.165) is 12.8 Å². The Morgan fingerprint density at radius 3 is 2.83 bits per heavy atom. The van der Waals surface area contributed by atoms with Crippen molar-refractivity contribution in [2.75, 3.05) is 37.6 Å². The van der Waals surface area contributed by atoms with E-state index < -0.39 is 0 Å². The van der Waals surface area contributed by atoms with E-state index in [9.17, 15) is 9.18 Å². The number of guanidine groups is 1. The molecule has 0 saturated carbocycles. The van der Waals surface area contributed by atoms with Crippen LogP contribution in [0, 0.1) is 5.82 Å². The molecule has 1 fully saturated rings. The molecule has 0 spiro atoms. The Morgan fingerprint density at radius 1 is 1.23 bits per heavy atom. The van der Waals surface area contributed by atoms with Crippen molar-refractivity contribution in [3.63, 3.8) is 0 Å². The smallest absolute Gasteiger partial charge is 0.241 e. The highest BCUT2D eigenvalue weighted by Gasteiger charge is 2.25. The largest absolute Gasteiger partial charge is 0.357 e. The molecule has 0 aliphatic carbocycles. The first-order valence-corrected chi connectivity index (χ1v) is 10.4. The number of anilines is 1. The quantitative estimate of drug-likeness (QED) is 0.454. The molecule has 1 atom stereocenters. The first-order chi connectivity index (χ1) is 14.7. The first-order valence-electron chi connectivity index (χ1n) is 10.4. The van der Waals surface area contributed by atoms with E-state index in [0.29, 0.717) is 38.0 Å². The van der Waals surface area contributed by atoms with Gasteiger partial charge in [0.05, 0.1) is 0 Å². The molecule has 0 radical (unpaired) electrons. The van der Waals surface area contributed by atoms with Crippen molar-refractivity contribution >= 4 is 17.7 Å². The zero-order chi connectivity index (χ0) is 21.2. The Hall–Kier alpha value is -3.16. The summed E-state index contributed by atoms with van der Waals surface area (Å²) < 4.78 is 14.0. The lowest BCUT2D eigenvalue weighted by atomic mass is 10.1. The minimum absolute atomic E-state index is 0.0510. The highest BCUT2D eigenvalue weighted by molar-refractivity contribution is 5.85. The summed E-state index contributed by atoms with van der Waals surface area (Å²) in [4.78, 5) is 22.6. The average Bonchev–Trinajstić information content (AvgIpc) is 3.21. The summed E-state index contributed by atoms with van der Waals surface area (Å²) in [5, 5.41) is 9.40. The fraction of sp³-hybridized carbons (Fsp3) is 0.409. The Bertz CT molecular complexity index is 845. The molecule has 8 heteroatoms. The molecule has 30 heavy (non-hydrogen) atoms. The van der Waals surface area contributed by atoms with Gasteiger partial charge in [0, 0.05) is 38.4 Å². The lowest BCUT2D eigenvalue weighted by Gasteiger charge is -2.19. The van der Waals surface area contributed by atoms with Gasteiger partial charge in [-0.15, -0.1) is 0 Å². The van der Waals surface area contributed by atoms with Crippen LogP contribution in [0.1, 0.15) is 18.9 Å². The molecule has 7 nitrogen and oxygen atoms in total. The van der Waals surface area contributed by atoms with Crippen LogP contribution in [-0.4, -0.2) is 55.6 Å². The Morgan fingerprint density at radius 2 is 2.07 bits per heavy atom. The normalized spacial score (nSPS) is 16.4. The van der Waals surface area contributed by atoms with Crippen LogP contribution in [-0.2, 0) is 11.2 Å². The van der Waals surface area contributed by atoms with Crippen LogP contribution >= 0.6 is 0 Å². The number of amides is 1. The predicted molar refractivity (Wildman–Crippen MR) is 117 cm³/mol. The number of carbonyl (C=O) groups is 1. The van der Waals surface area contributed by atoms with Crippen LogP contribution in [0.25, 0.3) is 0 Å². The Balaban J connectivity index is 1.46. The molecule has 3 N–H and O–H groups in total. The van der Waals surface area contributed by atoms with Gasteiger partial charge in [0.25, 0.3) is 0 Å². The Kier molecular flexibility index (Phi) is 8.00. The molecular weight excluding hydrogens is 383 g/mol. The van der Waals surface area contributed by atoms with Gasteiger partial charge in [-0.25, -0.2) is 14.4 Å². The van der Waals surface area contributed by atoms with Crippen molar-refractivity contribution in [1.82, 2.24) is 20.9 Å². The fourth-order valence-electron chi connectivity index (χ4n) is 3.39.